The molecule has 0 aliphatic heterocycles. The molecule has 1 heterocycles. The Morgan fingerprint density at radius 2 is 2.12 bits per heavy atom. The molecule has 17 heavy (non-hydrogen) atoms. The van der Waals surface area contributed by atoms with Gasteiger partial charge in [-0.3, -0.25) is 0 Å². The van der Waals surface area contributed by atoms with Gasteiger partial charge in [-0.2, -0.15) is 0 Å². The fraction of sp³-hybridized carbons (Fsp3) is 0.727. The zero-order valence-electron chi connectivity index (χ0n) is 10.7. The van der Waals surface area contributed by atoms with E-state index in [1.54, 1.807) is 29.4 Å². The molecular weight excluding hydrogens is 252 g/mol. The Bertz CT molecular complexity index is 336. The van der Waals surface area contributed by atoms with E-state index in [1.807, 2.05) is 19.0 Å². The highest BCUT2D eigenvalue weighted by atomic mass is 32.2. The Kier molecular flexibility index (Phi) is 7.19. The first-order valence-corrected chi connectivity index (χ1v) is 7.69. The van der Waals surface area contributed by atoms with Crippen LogP contribution in [0, 0.1) is 0 Å². The third-order valence-corrected chi connectivity index (χ3v) is 4.07. The molecule has 6 heteroatoms. The van der Waals surface area contributed by atoms with Crippen molar-refractivity contribution in [2.75, 3.05) is 19.8 Å². The quantitative estimate of drug-likeness (QED) is 0.315. The van der Waals surface area contributed by atoms with E-state index >= 15 is 0 Å². The Morgan fingerprint density at radius 1 is 1.29 bits per heavy atom. The number of aliphatic imine (C=N–C) groups is 1. The van der Waals surface area contributed by atoms with Crippen LogP contribution in [-0.2, 0) is 0 Å². The maximum Gasteiger partial charge on any atom is 0.233 e. The molecule has 0 amide bonds. The van der Waals surface area contributed by atoms with Gasteiger partial charge in [0.15, 0.2) is 4.34 Å². The molecule has 0 aliphatic rings. The molecule has 0 saturated carbocycles. The molecule has 96 valence electrons. The van der Waals surface area contributed by atoms with Crippen LogP contribution in [0.4, 0.5) is 5.13 Å². The molecule has 0 saturated heterocycles. The Morgan fingerprint density at radius 3 is 2.82 bits per heavy atom. The van der Waals surface area contributed by atoms with Crippen molar-refractivity contribution in [3.8, 4) is 0 Å². The average Bonchev–Trinajstić information content (AvgIpc) is 2.74. The van der Waals surface area contributed by atoms with Gasteiger partial charge in [0.1, 0.15) is 0 Å². The topological polar surface area (TPSA) is 41.4 Å². The lowest BCUT2D eigenvalue weighted by molar-refractivity contribution is 0.643. The third kappa shape index (κ3) is 6.63. The predicted octanol–water partition coefficient (Wildman–Crippen LogP) is 3.43. The van der Waals surface area contributed by atoms with Crippen LogP contribution in [0.15, 0.2) is 9.33 Å². The van der Waals surface area contributed by atoms with E-state index in [4.69, 9.17) is 0 Å². The summed E-state index contributed by atoms with van der Waals surface area (Å²) in [6.45, 7) is 2.23. The number of unbranched alkanes of at least 4 members (excludes halogenated alkanes) is 3. The highest BCUT2D eigenvalue weighted by Gasteiger charge is 2.02. The van der Waals surface area contributed by atoms with E-state index in [9.17, 15) is 0 Å². The zero-order chi connectivity index (χ0) is 12.5. The molecule has 0 aliphatic carbocycles. The van der Waals surface area contributed by atoms with E-state index in [0.717, 1.165) is 15.2 Å². The highest BCUT2D eigenvalue weighted by Crippen LogP contribution is 2.27. The zero-order valence-corrected chi connectivity index (χ0v) is 12.4. The van der Waals surface area contributed by atoms with E-state index in [0.29, 0.717) is 0 Å². The van der Waals surface area contributed by atoms with Crippen LogP contribution in [0.1, 0.15) is 32.6 Å². The minimum atomic E-state index is 0.731. The van der Waals surface area contributed by atoms with Gasteiger partial charge in [-0.25, -0.2) is 4.99 Å². The molecule has 1 aromatic heterocycles. The van der Waals surface area contributed by atoms with Crippen LogP contribution in [0.2, 0.25) is 0 Å². The van der Waals surface area contributed by atoms with Gasteiger partial charge in [0, 0.05) is 19.8 Å². The van der Waals surface area contributed by atoms with Crippen molar-refractivity contribution in [3.63, 3.8) is 0 Å². The highest BCUT2D eigenvalue weighted by molar-refractivity contribution is 8.01. The first-order valence-electron chi connectivity index (χ1n) is 5.89. The summed E-state index contributed by atoms with van der Waals surface area (Å²) in [6.07, 6.45) is 6.93. The van der Waals surface area contributed by atoms with E-state index in [-0.39, 0.29) is 0 Å². The Labute approximate surface area is 112 Å². The molecule has 0 N–H and O–H groups in total. The van der Waals surface area contributed by atoms with Crippen LogP contribution in [-0.4, -0.2) is 41.3 Å². The fourth-order valence-corrected chi connectivity index (χ4v) is 2.92. The number of aromatic nitrogens is 2. The van der Waals surface area contributed by atoms with Crippen LogP contribution < -0.4 is 0 Å². The van der Waals surface area contributed by atoms with Gasteiger partial charge >= 0.3 is 0 Å². The maximum atomic E-state index is 4.22. The lowest BCUT2D eigenvalue weighted by atomic mass is 10.2. The van der Waals surface area contributed by atoms with Gasteiger partial charge in [-0.1, -0.05) is 49.3 Å². The number of hydrogen-bond donors (Lipinski definition) is 0. The van der Waals surface area contributed by atoms with Gasteiger partial charge in [0.2, 0.25) is 5.13 Å². The van der Waals surface area contributed by atoms with Crippen LogP contribution in [0.3, 0.4) is 0 Å². The number of hydrogen-bond acceptors (Lipinski definition) is 5. The van der Waals surface area contributed by atoms with E-state index < -0.39 is 0 Å². The van der Waals surface area contributed by atoms with E-state index in [1.165, 1.54) is 25.7 Å². The van der Waals surface area contributed by atoms with Gasteiger partial charge in [-0.05, 0) is 6.42 Å². The molecular formula is C11H20N4S2. The summed E-state index contributed by atoms with van der Waals surface area (Å²) in [7, 11) is 3.88. The van der Waals surface area contributed by atoms with Crippen molar-refractivity contribution in [1.29, 1.82) is 0 Å². The first-order chi connectivity index (χ1) is 8.22. The number of thioether (sulfide) groups is 1. The Balaban J connectivity index is 2.26. The SMILES string of the molecule is CCCCCCSc1nnc(N=CN(C)C)s1. The Hall–Kier alpha value is -0.620. The summed E-state index contributed by atoms with van der Waals surface area (Å²) in [6, 6.07) is 0. The maximum absolute atomic E-state index is 4.22. The van der Waals surface area contributed by atoms with Crippen molar-refractivity contribution in [1.82, 2.24) is 15.1 Å². The van der Waals surface area contributed by atoms with Gasteiger partial charge in [0.05, 0.1) is 6.34 Å². The van der Waals surface area contributed by atoms with Crippen molar-refractivity contribution >= 4 is 34.6 Å². The number of nitrogens with zero attached hydrogens (tertiary/aromatic N) is 4. The van der Waals surface area contributed by atoms with Gasteiger partial charge in [-0.15, -0.1) is 10.2 Å². The average molecular weight is 272 g/mol. The molecule has 0 atom stereocenters. The molecule has 1 rings (SSSR count). The molecule has 0 fully saturated rings. The summed E-state index contributed by atoms with van der Waals surface area (Å²) >= 11 is 3.34. The largest absolute Gasteiger partial charge is 0.369 e. The molecule has 0 unspecified atom stereocenters. The number of rotatable bonds is 8. The monoisotopic (exact) mass is 272 g/mol. The molecule has 0 spiro atoms. The van der Waals surface area contributed by atoms with Gasteiger partial charge in [0.25, 0.3) is 0 Å². The lowest BCUT2D eigenvalue weighted by Gasteiger charge is -1.99. The molecule has 0 aromatic carbocycles. The smallest absolute Gasteiger partial charge is 0.233 e. The first kappa shape index (κ1) is 14.4. The molecule has 0 bridgehead atoms. The van der Waals surface area contributed by atoms with Crippen LogP contribution in [0.25, 0.3) is 0 Å². The summed E-state index contributed by atoms with van der Waals surface area (Å²) in [5.41, 5.74) is 0. The van der Waals surface area contributed by atoms with E-state index in [2.05, 4.69) is 22.1 Å². The minimum Gasteiger partial charge on any atom is -0.369 e. The summed E-state index contributed by atoms with van der Waals surface area (Å²) in [5, 5.41) is 8.87. The van der Waals surface area contributed by atoms with Crippen LogP contribution >= 0.6 is 23.1 Å². The molecule has 4 nitrogen and oxygen atoms in total. The normalized spacial score (nSPS) is 11.2. The standard InChI is InChI=1S/C11H20N4S2/c1-4-5-6-7-8-16-11-14-13-10(17-11)12-9-15(2)3/h9H,4-8H2,1-3H3. The summed E-state index contributed by atoms with van der Waals surface area (Å²) in [4.78, 5) is 6.10. The van der Waals surface area contributed by atoms with Crippen LogP contribution in [0.5, 0.6) is 0 Å². The predicted molar refractivity (Wildman–Crippen MR) is 76.6 cm³/mol. The third-order valence-electron chi connectivity index (χ3n) is 2.02. The second-order valence-corrected chi connectivity index (χ2v) is 6.27. The van der Waals surface area contributed by atoms with Gasteiger partial charge < -0.3 is 4.90 Å². The summed E-state index contributed by atoms with van der Waals surface area (Å²) < 4.78 is 1.02. The summed E-state index contributed by atoms with van der Waals surface area (Å²) in [5.74, 6) is 1.13. The lowest BCUT2D eigenvalue weighted by Crippen LogP contribution is -2.06. The second-order valence-electron chi connectivity index (χ2n) is 3.97. The molecule has 0 radical (unpaired) electrons. The molecule has 1 aromatic rings. The van der Waals surface area contributed by atoms with Crippen molar-refractivity contribution in [2.45, 2.75) is 36.9 Å². The van der Waals surface area contributed by atoms with Crippen molar-refractivity contribution < 1.29 is 0 Å². The fourth-order valence-electron chi connectivity index (χ4n) is 1.17. The second kappa shape index (κ2) is 8.47. The minimum absolute atomic E-state index is 0.731. The van der Waals surface area contributed by atoms with Crippen molar-refractivity contribution in [3.05, 3.63) is 0 Å². The van der Waals surface area contributed by atoms with Crippen molar-refractivity contribution in [2.24, 2.45) is 4.99 Å².